The van der Waals surface area contributed by atoms with Crippen LogP contribution in [-0.2, 0) is 6.54 Å². The summed E-state index contributed by atoms with van der Waals surface area (Å²) >= 11 is 0. The Morgan fingerprint density at radius 3 is 2.71 bits per heavy atom. The van der Waals surface area contributed by atoms with Crippen LogP contribution in [0, 0.1) is 18.3 Å². The molecule has 0 aliphatic rings. The molecule has 0 fully saturated rings. The highest BCUT2D eigenvalue weighted by Crippen LogP contribution is 2.31. The highest BCUT2D eigenvalue weighted by Gasteiger charge is 2.19. The van der Waals surface area contributed by atoms with E-state index in [0.29, 0.717) is 40.5 Å². The number of imidazole rings is 1. The van der Waals surface area contributed by atoms with E-state index in [0.717, 1.165) is 16.7 Å². The SMILES string of the molecule is Cc1nc(-c2cccc(Cn3cnc4ccn(-c5cccc(C#N)c5)c(=O)c43)c2C(C)C)no1. The van der Waals surface area contributed by atoms with Crippen molar-refractivity contribution in [1.29, 1.82) is 5.26 Å². The molecule has 0 unspecified atom stereocenters. The third-order valence-electron chi connectivity index (χ3n) is 5.81. The highest BCUT2D eigenvalue weighted by molar-refractivity contribution is 5.75. The standard InChI is InChI=1S/C26H22N6O2/c1-16(2)23-19(7-5-9-21(23)25-29-17(3)34-30-25)14-31-15-28-22-10-11-32(26(33)24(22)31)20-8-4-6-18(12-20)13-27/h4-12,15-16H,14H2,1-3H3. The molecule has 0 saturated heterocycles. The van der Waals surface area contributed by atoms with Gasteiger partial charge in [0.15, 0.2) is 0 Å². The third-order valence-corrected chi connectivity index (χ3v) is 5.81. The molecule has 0 atom stereocenters. The minimum absolute atomic E-state index is 0.193. The maximum Gasteiger partial charge on any atom is 0.281 e. The Balaban J connectivity index is 1.63. The van der Waals surface area contributed by atoms with Gasteiger partial charge in [-0.2, -0.15) is 10.2 Å². The lowest BCUT2D eigenvalue weighted by atomic mass is 9.91. The van der Waals surface area contributed by atoms with E-state index in [2.05, 4.69) is 41.1 Å². The zero-order chi connectivity index (χ0) is 23.8. The Bertz CT molecular complexity index is 1620. The number of aryl methyl sites for hydroxylation is 1. The van der Waals surface area contributed by atoms with Gasteiger partial charge in [-0.15, -0.1) is 0 Å². The second-order valence-electron chi connectivity index (χ2n) is 8.43. The summed E-state index contributed by atoms with van der Waals surface area (Å²) in [7, 11) is 0. The van der Waals surface area contributed by atoms with Crippen molar-refractivity contribution in [3.8, 4) is 23.1 Å². The van der Waals surface area contributed by atoms with Crippen LogP contribution in [0.2, 0.25) is 0 Å². The van der Waals surface area contributed by atoms with Crippen molar-refractivity contribution >= 4 is 11.0 Å². The van der Waals surface area contributed by atoms with Crippen molar-refractivity contribution < 1.29 is 4.52 Å². The van der Waals surface area contributed by atoms with Crippen LogP contribution >= 0.6 is 0 Å². The van der Waals surface area contributed by atoms with Crippen LogP contribution in [0.1, 0.15) is 42.3 Å². The molecule has 0 radical (unpaired) electrons. The van der Waals surface area contributed by atoms with E-state index in [1.807, 2.05) is 28.8 Å². The smallest absolute Gasteiger partial charge is 0.281 e. The highest BCUT2D eigenvalue weighted by atomic mass is 16.5. The average Bonchev–Trinajstić information content (AvgIpc) is 3.45. The number of hydrogen-bond acceptors (Lipinski definition) is 6. The predicted molar refractivity (Wildman–Crippen MR) is 128 cm³/mol. The first-order valence-corrected chi connectivity index (χ1v) is 11.0. The molecule has 0 saturated carbocycles. The van der Waals surface area contributed by atoms with Crippen molar-refractivity contribution in [1.82, 2.24) is 24.3 Å². The Labute approximate surface area is 195 Å². The normalized spacial score (nSPS) is 11.3. The number of fused-ring (bicyclic) bond motifs is 1. The molecule has 3 heterocycles. The van der Waals surface area contributed by atoms with Gasteiger partial charge in [-0.1, -0.05) is 43.3 Å². The van der Waals surface area contributed by atoms with Crippen LogP contribution in [0.4, 0.5) is 0 Å². The molecule has 168 valence electrons. The van der Waals surface area contributed by atoms with Gasteiger partial charge >= 0.3 is 0 Å². The second kappa shape index (κ2) is 8.45. The summed E-state index contributed by atoms with van der Waals surface area (Å²) in [6, 6.07) is 16.9. The molecule has 5 aromatic rings. The van der Waals surface area contributed by atoms with Gasteiger partial charge in [0.2, 0.25) is 11.7 Å². The molecule has 5 rings (SSSR count). The Morgan fingerprint density at radius 2 is 1.97 bits per heavy atom. The maximum atomic E-state index is 13.5. The summed E-state index contributed by atoms with van der Waals surface area (Å²) in [5.41, 5.74) is 5.12. The van der Waals surface area contributed by atoms with E-state index < -0.39 is 0 Å². The van der Waals surface area contributed by atoms with Gasteiger partial charge in [-0.3, -0.25) is 9.36 Å². The monoisotopic (exact) mass is 450 g/mol. The van der Waals surface area contributed by atoms with Gasteiger partial charge in [-0.05, 0) is 41.3 Å². The molecule has 8 nitrogen and oxygen atoms in total. The number of benzene rings is 2. The number of hydrogen-bond donors (Lipinski definition) is 0. The first-order valence-electron chi connectivity index (χ1n) is 11.0. The van der Waals surface area contributed by atoms with Crippen LogP contribution in [0.15, 0.2) is 70.4 Å². The Kier molecular flexibility index (Phi) is 5.30. The zero-order valence-corrected chi connectivity index (χ0v) is 19.1. The lowest BCUT2D eigenvalue weighted by Crippen LogP contribution is -2.20. The van der Waals surface area contributed by atoms with Crippen molar-refractivity contribution in [3.63, 3.8) is 0 Å². The minimum atomic E-state index is -0.193. The third kappa shape index (κ3) is 3.67. The lowest BCUT2D eigenvalue weighted by molar-refractivity contribution is 0.394. The van der Waals surface area contributed by atoms with Crippen LogP contribution in [-0.4, -0.2) is 24.3 Å². The summed E-state index contributed by atoms with van der Waals surface area (Å²) < 4.78 is 8.62. The van der Waals surface area contributed by atoms with E-state index in [4.69, 9.17) is 4.52 Å². The first kappa shape index (κ1) is 21.3. The number of pyridine rings is 1. The molecule has 0 amide bonds. The second-order valence-corrected chi connectivity index (χ2v) is 8.43. The Morgan fingerprint density at radius 1 is 1.15 bits per heavy atom. The van der Waals surface area contributed by atoms with Gasteiger partial charge in [0.25, 0.3) is 5.56 Å². The van der Waals surface area contributed by atoms with Crippen LogP contribution < -0.4 is 5.56 Å². The van der Waals surface area contributed by atoms with Crippen molar-refractivity contribution in [2.24, 2.45) is 0 Å². The van der Waals surface area contributed by atoms with Crippen molar-refractivity contribution in [2.75, 3.05) is 0 Å². The van der Waals surface area contributed by atoms with Crippen LogP contribution in [0.5, 0.6) is 0 Å². The largest absolute Gasteiger partial charge is 0.339 e. The fourth-order valence-electron chi connectivity index (χ4n) is 4.35. The van der Waals surface area contributed by atoms with Crippen LogP contribution in [0.25, 0.3) is 28.1 Å². The molecule has 2 aromatic carbocycles. The zero-order valence-electron chi connectivity index (χ0n) is 19.1. The predicted octanol–water partition coefficient (Wildman–Crippen LogP) is 4.59. The van der Waals surface area contributed by atoms with Crippen molar-refractivity contribution in [2.45, 2.75) is 33.2 Å². The molecule has 0 aliphatic carbocycles. The molecule has 0 bridgehead atoms. The van der Waals surface area contributed by atoms with Gasteiger partial charge in [-0.25, -0.2) is 4.98 Å². The quantitative estimate of drug-likeness (QED) is 0.388. The fraction of sp³-hybridized carbons (Fsp3) is 0.192. The Hall–Kier alpha value is -4.51. The molecule has 3 aromatic heterocycles. The van der Waals surface area contributed by atoms with Gasteiger partial charge < -0.3 is 9.09 Å². The molecule has 34 heavy (non-hydrogen) atoms. The molecule has 0 aliphatic heterocycles. The number of nitrogens with zero attached hydrogens (tertiary/aromatic N) is 6. The molecule has 0 N–H and O–H groups in total. The molecular formula is C26H22N6O2. The van der Waals surface area contributed by atoms with Gasteiger partial charge in [0.1, 0.15) is 5.52 Å². The summed E-state index contributed by atoms with van der Waals surface area (Å²) in [5.74, 6) is 1.26. The van der Waals surface area contributed by atoms with Crippen molar-refractivity contribution in [3.05, 3.63) is 94.0 Å². The van der Waals surface area contributed by atoms with E-state index in [9.17, 15) is 10.1 Å². The summed E-state index contributed by atoms with van der Waals surface area (Å²) in [6.07, 6.45) is 3.38. The molecule has 0 spiro atoms. The van der Waals surface area contributed by atoms with E-state index in [1.165, 1.54) is 0 Å². The first-order chi connectivity index (χ1) is 16.5. The van der Waals surface area contributed by atoms with Gasteiger partial charge in [0.05, 0.1) is 23.5 Å². The fourth-order valence-corrected chi connectivity index (χ4v) is 4.35. The minimum Gasteiger partial charge on any atom is -0.339 e. The molecular weight excluding hydrogens is 428 g/mol. The molecule has 8 heteroatoms. The van der Waals surface area contributed by atoms with E-state index in [1.54, 1.807) is 42.2 Å². The number of rotatable bonds is 5. The lowest BCUT2D eigenvalue weighted by Gasteiger charge is -2.17. The topological polar surface area (TPSA) is 103 Å². The van der Waals surface area contributed by atoms with Gasteiger partial charge in [0, 0.05) is 30.9 Å². The number of nitriles is 1. The maximum absolute atomic E-state index is 13.5. The number of aromatic nitrogens is 5. The summed E-state index contributed by atoms with van der Waals surface area (Å²) in [4.78, 5) is 22.4. The average molecular weight is 451 g/mol. The van der Waals surface area contributed by atoms with E-state index in [-0.39, 0.29) is 11.5 Å². The van der Waals surface area contributed by atoms with Crippen LogP contribution in [0.3, 0.4) is 0 Å². The van der Waals surface area contributed by atoms with E-state index >= 15 is 0 Å². The summed E-state index contributed by atoms with van der Waals surface area (Å²) in [6.45, 7) is 6.48. The summed E-state index contributed by atoms with van der Waals surface area (Å²) in [5, 5.41) is 13.3.